The number of ether oxygens (including phenoxy) is 2. The smallest absolute Gasteiger partial charge is 0.407 e. The van der Waals surface area contributed by atoms with Gasteiger partial charge in [0.25, 0.3) is 0 Å². The van der Waals surface area contributed by atoms with Crippen LogP contribution in [0.15, 0.2) is 24.3 Å². The molecule has 6 heteroatoms. The molecule has 0 aromatic heterocycles. The summed E-state index contributed by atoms with van der Waals surface area (Å²) >= 11 is 6.05. The zero-order valence-electron chi connectivity index (χ0n) is 13.3. The van der Waals surface area contributed by atoms with E-state index >= 15 is 0 Å². The Kier molecular flexibility index (Phi) is 6.68. The second-order valence-electron chi connectivity index (χ2n) is 5.83. The summed E-state index contributed by atoms with van der Waals surface area (Å²) in [6, 6.07) is 7.19. The summed E-state index contributed by atoms with van der Waals surface area (Å²) in [6.45, 7) is 7.22. The van der Waals surface area contributed by atoms with Gasteiger partial charge in [-0.3, -0.25) is 4.79 Å². The molecule has 1 atom stereocenters. The van der Waals surface area contributed by atoms with Gasteiger partial charge in [0.1, 0.15) is 11.7 Å². The normalized spacial score (nSPS) is 12.4. The molecular formula is C16H22ClNO4. The van der Waals surface area contributed by atoms with Crippen LogP contribution in [0.5, 0.6) is 0 Å². The highest BCUT2D eigenvalue weighted by atomic mass is 35.5. The molecule has 22 heavy (non-hydrogen) atoms. The standard InChI is InChI=1S/C16H22ClNO4/c1-11(12-7-5-6-8-13(12)17)21-14(19)9-10-18-15(20)22-16(2,3)4/h5-8,11H,9-10H2,1-4H3,(H,18,20)/t11-/m0/s1. The van der Waals surface area contributed by atoms with Gasteiger partial charge >= 0.3 is 12.1 Å². The Hall–Kier alpha value is -1.75. The van der Waals surface area contributed by atoms with Crippen molar-refractivity contribution >= 4 is 23.7 Å². The van der Waals surface area contributed by atoms with Gasteiger partial charge in [0, 0.05) is 17.1 Å². The van der Waals surface area contributed by atoms with Gasteiger partial charge in [-0.15, -0.1) is 0 Å². The largest absolute Gasteiger partial charge is 0.458 e. The molecular weight excluding hydrogens is 306 g/mol. The Bertz CT molecular complexity index is 525. The van der Waals surface area contributed by atoms with Crippen LogP contribution in [0.3, 0.4) is 0 Å². The molecule has 5 nitrogen and oxygen atoms in total. The van der Waals surface area contributed by atoms with Crippen molar-refractivity contribution < 1.29 is 19.1 Å². The van der Waals surface area contributed by atoms with Crippen molar-refractivity contribution in [3.63, 3.8) is 0 Å². The van der Waals surface area contributed by atoms with Crippen molar-refractivity contribution in [1.29, 1.82) is 0 Å². The van der Waals surface area contributed by atoms with Crippen LogP contribution < -0.4 is 5.32 Å². The Labute approximate surface area is 135 Å². The molecule has 1 aromatic carbocycles. The molecule has 0 radical (unpaired) electrons. The van der Waals surface area contributed by atoms with Crippen LogP contribution in [0.25, 0.3) is 0 Å². The van der Waals surface area contributed by atoms with E-state index in [9.17, 15) is 9.59 Å². The SMILES string of the molecule is C[C@H](OC(=O)CCNC(=O)OC(C)(C)C)c1ccccc1Cl. The lowest BCUT2D eigenvalue weighted by molar-refractivity contribution is -0.148. The molecule has 1 amide bonds. The highest BCUT2D eigenvalue weighted by molar-refractivity contribution is 6.31. The maximum atomic E-state index is 11.7. The van der Waals surface area contributed by atoms with E-state index in [-0.39, 0.29) is 13.0 Å². The predicted octanol–water partition coefficient (Wildman–Crippen LogP) is 3.86. The first-order valence-electron chi connectivity index (χ1n) is 7.10. The van der Waals surface area contributed by atoms with E-state index in [0.29, 0.717) is 5.02 Å². The van der Waals surface area contributed by atoms with Crippen molar-refractivity contribution in [2.24, 2.45) is 0 Å². The lowest BCUT2D eigenvalue weighted by atomic mass is 10.1. The lowest BCUT2D eigenvalue weighted by Crippen LogP contribution is -2.33. The summed E-state index contributed by atoms with van der Waals surface area (Å²) in [7, 11) is 0. The molecule has 0 bridgehead atoms. The predicted molar refractivity (Wildman–Crippen MR) is 84.8 cm³/mol. The zero-order chi connectivity index (χ0) is 16.8. The number of hydrogen-bond acceptors (Lipinski definition) is 4. The fourth-order valence-corrected chi connectivity index (χ4v) is 1.99. The molecule has 0 saturated heterocycles. The molecule has 0 spiro atoms. The molecule has 0 fully saturated rings. The van der Waals surface area contributed by atoms with Crippen molar-refractivity contribution in [3.05, 3.63) is 34.9 Å². The molecule has 1 N–H and O–H groups in total. The van der Waals surface area contributed by atoms with Crippen LogP contribution in [0.2, 0.25) is 5.02 Å². The van der Waals surface area contributed by atoms with Gasteiger partial charge in [-0.25, -0.2) is 4.79 Å². The topological polar surface area (TPSA) is 64.6 Å². The molecule has 0 aliphatic heterocycles. The van der Waals surface area contributed by atoms with Crippen LogP contribution in [-0.2, 0) is 14.3 Å². The average molecular weight is 328 g/mol. The number of alkyl carbamates (subject to hydrolysis) is 1. The number of benzene rings is 1. The number of nitrogens with one attached hydrogen (secondary N) is 1. The first-order valence-corrected chi connectivity index (χ1v) is 7.47. The number of amides is 1. The molecule has 0 aliphatic carbocycles. The third-order valence-corrected chi connectivity index (χ3v) is 2.99. The number of halogens is 1. The lowest BCUT2D eigenvalue weighted by Gasteiger charge is -2.19. The van der Waals surface area contributed by atoms with E-state index in [0.717, 1.165) is 5.56 Å². The van der Waals surface area contributed by atoms with Crippen LogP contribution in [-0.4, -0.2) is 24.2 Å². The average Bonchev–Trinajstić information content (AvgIpc) is 2.36. The fourth-order valence-electron chi connectivity index (χ4n) is 1.71. The van der Waals surface area contributed by atoms with E-state index < -0.39 is 23.8 Å². The molecule has 1 aromatic rings. The fraction of sp³-hybridized carbons (Fsp3) is 0.500. The monoisotopic (exact) mass is 327 g/mol. The minimum atomic E-state index is -0.566. The molecule has 0 heterocycles. The van der Waals surface area contributed by atoms with Gasteiger partial charge in [-0.05, 0) is 33.8 Å². The van der Waals surface area contributed by atoms with Crippen molar-refractivity contribution in [1.82, 2.24) is 5.32 Å². The van der Waals surface area contributed by atoms with E-state index in [2.05, 4.69) is 5.32 Å². The first-order chi connectivity index (χ1) is 10.2. The van der Waals surface area contributed by atoms with Gasteiger partial charge in [0.2, 0.25) is 0 Å². The summed E-state index contributed by atoms with van der Waals surface area (Å²) in [5.41, 5.74) is 0.181. The number of rotatable bonds is 5. The van der Waals surface area contributed by atoms with Crippen LogP contribution in [0, 0.1) is 0 Å². The summed E-state index contributed by atoms with van der Waals surface area (Å²) < 4.78 is 10.4. The number of carbonyl (C=O) groups is 2. The minimum absolute atomic E-state index is 0.0635. The minimum Gasteiger partial charge on any atom is -0.458 e. The van der Waals surface area contributed by atoms with Gasteiger partial charge < -0.3 is 14.8 Å². The molecule has 0 unspecified atom stereocenters. The highest BCUT2D eigenvalue weighted by Gasteiger charge is 2.17. The summed E-state index contributed by atoms with van der Waals surface area (Å²) in [5.74, 6) is -0.413. The number of carbonyl (C=O) groups excluding carboxylic acids is 2. The summed E-state index contributed by atoms with van der Waals surface area (Å²) in [5, 5.41) is 3.06. The van der Waals surface area contributed by atoms with Crippen LogP contribution >= 0.6 is 11.6 Å². The van der Waals surface area contributed by atoms with E-state index in [1.54, 1.807) is 39.8 Å². The van der Waals surface area contributed by atoms with E-state index in [1.165, 1.54) is 0 Å². The Balaban J connectivity index is 2.35. The van der Waals surface area contributed by atoms with Gasteiger partial charge in [-0.2, -0.15) is 0 Å². The Morgan fingerprint density at radius 2 is 1.91 bits per heavy atom. The Morgan fingerprint density at radius 1 is 1.27 bits per heavy atom. The second kappa shape index (κ2) is 8.03. The van der Waals surface area contributed by atoms with Gasteiger partial charge in [0.05, 0.1) is 6.42 Å². The van der Waals surface area contributed by atoms with Crippen molar-refractivity contribution in [2.45, 2.75) is 45.8 Å². The maximum Gasteiger partial charge on any atom is 0.407 e. The van der Waals surface area contributed by atoms with Crippen molar-refractivity contribution in [3.8, 4) is 0 Å². The number of hydrogen-bond donors (Lipinski definition) is 1. The zero-order valence-corrected chi connectivity index (χ0v) is 14.1. The van der Waals surface area contributed by atoms with Gasteiger partial charge in [-0.1, -0.05) is 29.8 Å². The second-order valence-corrected chi connectivity index (χ2v) is 6.24. The Morgan fingerprint density at radius 3 is 2.50 bits per heavy atom. The van der Waals surface area contributed by atoms with Crippen LogP contribution in [0.1, 0.15) is 45.8 Å². The molecule has 0 saturated carbocycles. The first kappa shape index (κ1) is 18.3. The van der Waals surface area contributed by atoms with E-state index in [4.69, 9.17) is 21.1 Å². The number of esters is 1. The van der Waals surface area contributed by atoms with Crippen molar-refractivity contribution in [2.75, 3.05) is 6.54 Å². The molecule has 0 aliphatic rings. The third kappa shape index (κ3) is 6.80. The summed E-state index contributed by atoms with van der Waals surface area (Å²) in [6.07, 6.45) is -0.934. The quantitative estimate of drug-likeness (QED) is 0.834. The van der Waals surface area contributed by atoms with E-state index in [1.807, 2.05) is 12.1 Å². The third-order valence-electron chi connectivity index (χ3n) is 2.65. The van der Waals surface area contributed by atoms with Crippen LogP contribution in [0.4, 0.5) is 4.79 Å². The molecule has 1 rings (SSSR count). The maximum absolute atomic E-state index is 11.7. The summed E-state index contributed by atoms with van der Waals surface area (Å²) in [4.78, 5) is 23.2. The van der Waals surface area contributed by atoms with Gasteiger partial charge in [0.15, 0.2) is 0 Å². The highest BCUT2D eigenvalue weighted by Crippen LogP contribution is 2.25. The molecule has 122 valence electrons.